The third-order valence-electron chi connectivity index (χ3n) is 1.79. The van der Waals surface area contributed by atoms with E-state index in [4.69, 9.17) is 15.9 Å². The first kappa shape index (κ1) is 13.4. The number of rotatable bonds is 6. The summed E-state index contributed by atoms with van der Waals surface area (Å²) in [7, 11) is 0. The van der Waals surface area contributed by atoms with Gasteiger partial charge in [0.1, 0.15) is 12.4 Å². The van der Waals surface area contributed by atoms with Gasteiger partial charge in [0, 0.05) is 0 Å². The summed E-state index contributed by atoms with van der Waals surface area (Å²) in [5.74, 6) is 0.794. The molecule has 1 aromatic carbocycles. The average Bonchev–Trinajstić information content (AvgIpc) is 2.33. The van der Waals surface area contributed by atoms with Gasteiger partial charge in [-0.25, -0.2) is 0 Å². The van der Waals surface area contributed by atoms with E-state index in [2.05, 4.69) is 5.32 Å². The fourth-order valence-corrected chi connectivity index (χ4v) is 1.46. The summed E-state index contributed by atoms with van der Waals surface area (Å²) in [6.45, 7) is 0.854. The molecule has 17 heavy (non-hydrogen) atoms. The second-order valence-electron chi connectivity index (χ2n) is 3.16. The van der Waals surface area contributed by atoms with Crippen molar-refractivity contribution >= 4 is 22.8 Å². The molecular formula is C11H15N3O2S. The van der Waals surface area contributed by atoms with Crippen molar-refractivity contribution in [2.75, 3.05) is 18.9 Å². The van der Waals surface area contributed by atoms with E-state index >= 15 is 0 Å². The largest absolute Gasteiger partial charge is 0.492 e. The van der Waals surface area contributed by atoms with Crippen molar-refractivity contribution in [2.45, 2.75) is 0 Å². The zero-order valence-corrected chi connectivity index (χ0v) is 10.1. The summed E-state index contributed by atoms with van der Waals surface area (Å²) in [6, 6.07) is 9.39. The lowest BCUT2D eigenvalue weighted by molar-refractivity contribution is -0.118. The van der Waals surface area contributed by atoms with Gasteiger partial charge < -0.3 is 15.8 Å². The van der Waals surface area contributed by atoms with Gasteiger partial charge in [-0.15, -0.1) is 0 Å². The number of ether oxygens (including phenoxy) is 1. The summed E-state index contributed by atoms with van der Waals surface area (Å²) in [5.41, 5.74) is 5.11. The molecule has 0 aliphatic rings. The van der Waals surface area contributed by atoms with Gasteiger partial charge >= 0.3 is 0 Å². The van der Waals surface area contributed by atoms with Gasteiger partial charge in [-0.05, 0) is 12.1 Å². The number of carbonyl (C=O) groups is 1. The highest BCUT2D eigenvalue weighted by molar-refractivity contribution is 8.14. The molecule has 0 aliphatic heterocycles. The summed E-state index contributed by atoms with van der Waals surface area (Å²) in [5, 5.41) is 9.57. The van der Waals surface area contributed by atoms with E-state index in [1.165, 1.54) is 0 Å². The van der Waals surface area contributed by atoms with Gasteiger partial charge in [0.2, 0.25) is 5.91 Å². The Kier molecular flexibility index (Phi) is 5.95. The monoisotopic (exact) mass is 253 g/mol. The van der Waals surface area contributed by atoms with Crippen LogP contribution in [0.4, 0.5) is 0 Å². The van der Waals surface area contributed by atoms with E-state index in [0.717, 1.165) is 17.5 Å². The Hall–Kier alpha value is -1.69. The molecule has 0 aliphatic carbocycles. The van der Waals surface area contributed by atoms with E-state index in [0.29, 0.717) is 13.2 Å². The molecule has 0 saturated heterocycles. The molecule has 0 atom stereocenters. The minimum absolute atomic E-state index is 0.0549. The summed E-state index contributed by atoms with van der Waals surface area (Å²) in [4.78, 5) is 11.2. The second kappa shape index (κ2) is 7.56. The number of hydrogen-bond acceptors (Lipinski definition) is 4. The molecule has 0 unspecified atom stereocenters. The first-order valence-corrected chi connectivity index (χ1v) is 6.08. The lowest BCUT2D eigenvalue weighted by Crippen LogP contribution is -2.30. The first-order chi connectivity index (χ1) is 8.18. The van der Waals surface area contributed by atoms with Crippen LogP contribution in [-0.2, 0) is 4.79 Å². The number of benzene rings is 1. The molecular weight excluding hydrogens is 238 g/mol. The second-order valence-corrected chi connectivity index (χ2v) is 4.18. The molecule has 0 spiro atoms. The first-order valence-electron chi connectivity index (χ1n) is 5.10. The maximum absolute atomic E-state index is 11.2. The standard InChI is InChI=1S/C11H15N3O2S/c12-11(13)17-8-10(15)14-6-7-16-9-4-2-1-3-5-9/h1-5H,6-8H2,(H3,12,13)(H,14,15). The fraction of sp³-hybridized carbons (Fsp3) is 0.273. The van der Waals surface area contributed by atoms with Gasteiger partial charge in [-0.1, -0.05) is 30.0 Å². The van der Waals surface area contributed by atoms with E-state index in [-0.39, 0.29) is 16.8 Å². The Morgan fingerprint density at radius 1 is 1.41 bits per heavy atom. The number of carbonyl (C=O) groups excluding carboxylic acids is 1. The zero-order chi connectivity index (χ0) is 12.5. The molecule has 5 nitrogen and oxygen atoms in total. The van der Waals surface area contributed by atoms with Crippen molar-refractivity contribution in [3.63, 3.8) is 0 Å². The van der Waals surface area contributed by atoms with Crippen LogP contribution in [0.1, 0.15) is 0 Å². The Bertz CT molecular complexity index is 370. The van der Waals surface area contributed by atoms with Gasteiger partial charge in [0.25, 0.3) is 0 Å². The molecule has 0 bridgehead atoms. The summed E-state index contributed by atoms with van der Waals surface area (Å²) in [6.07, 6.45) is 0. The molecule has 0 saturated carbocycles. The lowest BCUT2D eigenvalue weighted by atomic mass is 10.3. The molecule has 0 fully saturated rings. The molecule has 1 rings (SSSR count). The average molecular weight is 253 g/mol. The van der Waals surface area contributed by atoms with Gasteiger partial charge in [0.05, 0.1) is 12.3 Å². The van der Waals surface area contributed by atoms with Crippen molar-refractivity contribution in [3.05, 3.63) is 30.3 Å². The maximum Gasteiger partial charge on any atom is 0.230 e. The molecule has 6 heteroatoms. The maximum atomic E-state index is 11.2. The van der Waals surface area contributed by atoms with Crippen molar-refractivity contribution in [3.8, 4) is 5.75 Å². The van der Waals surface area contributed by atoms with Crippen LogP contribution >= 0.6 is 11.8 Å². The minimum Gasteiger partial charge on any atom is -0.492 e. The van der Waals surface area contributed by atoms with Crippen LogP contribution in [0.25, 0.3) is 0 Å². The van der Waals surface area contributed by atoms with E-state index in [1.54, 1.807) is 0 Å². The van der Waals surface area contributed by atoms with E-state index in [9.17, 15) is 4.79 Å². The van der Waals surface area contributed by atoms with Crippen molar-refractivity contribution in [2.24, 2.45) is 5.73 Å². The molecule has 92 valence electrons. The third kappa shape index (κ3) is 6.47. The highest BCUT2D eigenvalue weighted by Crippen LogP contribution is 2.07. The Morgan fingerprint density at radius 3 is 2.76 bits per heavy atom. The third-order valence-corrected chi connectivity index (χ3v) is 2.51. The summed E-state index contributed by atoms with van der Waals surface area (Å²) < 4.78 is 5.39. The number of amides is 1. The van der Waals surface area contributed by atoms with Crippen LogP contribution in [0, 0.1) is 5.41 Å². The number of nitrogens with one attached hydrogen (secondary N) is 2. The van der Waals surface area contributed by atoms with Crippen LogP contribution in [0.3, 0.4) is 0 Å². The zero-order valence-electron chi connectivity index (χ0n) is 9.31. The predicted octanol–water partition coefficient (Wildman–Crippen LogP) is 0.808. The quantitative estimate of drug-likeness (QED) is 0.397. The number of amidine groups is 1. The van der Waals surface area contributed by atoms with Crippen molar-refractivity contribution in [1.29, 1.82) is 5.41 Å². The SMILES string of the molecule is N=C(N)SCC(=O)NCCOc1ccccc1. The normalized spacial score (nSPS) is 9.65. The smallest absolute Gasteiger partial charge is 0.230 e. The number of para-hydroxylation sites is 1. The Balaban J connectivity index is 2.08. The Morgan fingerprint density at radius 2 is 2.12 bits per heavy atom. The molecule has 1 amide bonds. The number of nitrogens with two attached hydrogens (primary N) is 1. The van der Waals surface area contributed by atoms with Gasteiger partial charge in [-0.3, -0.25) is 10.2 Å². The highest BCUT2D eigenvalue weighted by Gasteiger charge is 2.01. The van der Waals surface area contributed by atoms with Crippen LogP contribution < -0.4 is 15.8 Å². The van der Waals surface area contributed by atoms with Crippen LogP contribution in [-0.4, -0.2) is 30.0 Å². The minimum atomic E-state index is -0.151. The number of thioether (sulfide) groups is 1. The van der Waals surface area contributed by atoms with Gasteiger partial charge in [0.15, 0.2) is 5.17 Å². The van der Waals surface area contributed by atoms with Crippen LogP contribution in [0.2, 0.25) is 0 Å². The Labute approximate surface area is 104 Å². The van der Waals surface area contributed by atoms with Gasteiger partial charge in [-0.2, -0.15) is 0 Å². The molecule has 0 radical (unpaired) electrons. The summed E-state index contributed by atoms with van der Waals surface area (Å²) >= 11 is 1.00. The van der Waals surface area contributed by atoms with E-state index in [1.807, 2.05) is 30.3 Å². The lowest BCUT2D eigenvalue weighted by Gasteiger charge is -2.07. The van der Waals surface area contributed by atoms with E-state index < -0.39 is 0 Å². The predicted molar refractivity (Wildman–Crippen MR) is 69.3 cm³/mol. The van der Waals surface area contributed by atoms with Crippen molar-refractivity contribution < 1.29 is 9.53 Å². The topological polar surface area (TPSA) is 88.2 Å². The fourth-order valence-electron chi connectivity index (χ4n) is 1.07. The highest BCUT2D eigenvalue weighted by atomic mass is 32.2. The van der Waals surface area contributed by atoms with Crippen molar-refractivity contribution in [1.82, 2.24) is 5.32 Å². The van der Waals surface area contributed by atoms with Crippen LogP contribution in [0.15, 0.2) is 30.3 Å². The molecule has 0 aromatic heterocycles. The number of hydrogen-bond donors (Lipinski definition) is 3. The molecule has 1 aromatic rings. The molecule has 0 heterocycles. The molecule has 4 N–H and O–H groups in total. The van der Waals surface area contributed by atoms with Crippen LogP contribution in [0.5, 0.6) is 5.75 Å².